The van der Waals surface area contributed by atoms with Crippen LogP contribution in [0.1, 0.15) is 136 Å². The van der Waals surface area contributed by atoms with Gasteiger partial charge in [-0.1, -0.05) is 82.6 Å². The number of primary amides is 2. The smallest absolute Gasteiger partial charge is 0.361 e. The Morgan fingerprint density at radius 2 is 1.22 bits per heavy atom. The number of benzene rings is 3. The first-order valence-electron chi connectivity index (χ1n) is 25.4. The van der Waals surface area contributed by atoms with Gasteiger partial charge in [0, 0.05) is 92.1 Å². The van der Waals surface area contributed by atoms with E-state index in [0.29, 0.717) is 82.8 Å². The van der Waals surface area contributed by atoms with Crippen LogP contribution >= 0.6 is 34.8 Å². The zero-order valence-electron chi connectivity index (χ0n) is 42.7. The van der Waals surface area contributed by atoms with E-state index in [4.69, 9.17) is 51.0 Å². The number of nitrogens with zero attached hydrogens (tertiary/aromatic N) is 3. The molecule has 3 aromatic heterocycles. The van der Waals surface area contributed by atoms with E-state index in [0.717, 1.165) is 48.6 Å². The van der Waals surface area contributed by atoms with Gasteiger partial charge in [0.2, 0.25) is 11.8 Å². The van der Waals surface area contributed by atoms with Gasteiger partial charge in [-0.2, -0.15) is 0 Å². The van der Waals surface area contributed by atoms with Crippen LogP contribution in [0.5, 0.6) is 0 Å². The molecular weight excluding hydrogens is 1070 g/mol. The normalized spacial score (nSPS) is 22.0. The molecule has 3 aliphatic rings. The van der Waals surface area contributed by atoms with Crippen LogP contribution in [0.25, 0.3) is 0 Å². The Morgan fingerprint density at radius 3 is 1.78 bits per heavy atom. The zero-order valence-corrected chi connectivity index (χ0v) is 44.9. The molecule has 3 fully saturated rings. The molecule has 0 bridgehead atoms. The molecule has 6 atom stereocenters. The molecule has 0 spiro atoms. The number of ether oxygens (including phenoxy) is 1. The summed E-state index contributed by atoms with van der Waals surface area (Å²) in [5.41, 5.74) is 10.4. The molecule has 6 aromatic rings. The van der Waals surface area contributed by atoms with Crippen molar-refractivity contribution < 1.29 is 42.9 Å². The lowest BCUT2D eigenvalue weighted by Crippen LogP contribution is -2.47. The topological polar surface area (TPSA) is 221 Å². The van der Waals surface area contributed by atoms with Crippen LogP contribution < -0.4 is 16.8 Å². The number of esters is 1. The summed E-state index contributed by atoms with van der Waals surface area (Å²) in [5, 5.41) is 26.0. The van der Waals surface area contributed by atoms with E-state index in [1.54, 1.807) is 79.1 Å². The molecule has 3 saturated carbocycles. The predicted molar refractivity (Wildman–Crippen MR) is 296 cm³/mol. The summed E-state index contributed by atoms with van der Waals surface area (Å²) in [6.07, 6.45) is 13.9. The standard InChI is InChI=1S/C26H20ClF2N3O3.C20H19ClN2O2.C15H16ClNO2/c27-19-4-1-3-17(13-19)6-10-26(35-25(34)23-22(29)14-20(28)16-31-23)9-2-5-21(15-26)32-24(33)18-7-11-30-12-8-18;21-16-5-1-3-14(11-16)6-9-20(25)8-2-4-15(12-20)18-13-23-10-7-17(18)19(22)24;16-13-5-1-3-11(9-13)6-8-15(19)7-2-4-12(10-15)14(17)18/h1,3-4,7-8,11-14,16,21H,2,5,9,15H2,(H,32,33);1,3,5,7,10-11,13,15,25H,2,4,8,12H2,(H2,22,24);1,3,5,9,12,19H,2,4,7,10H2,(H2,17,18)/t21-,26+;15-,20+;12-,15+/m101/s1. The second-order valence-corrected chi connectivity index (χ2v) is 20.8. The van der Waals surface area contributed by atoms with Gasteiger partial charge in [0.05, 0.1) is 6.20 Å². The van der Waals surface area contributed by atoms with Gasteiger partial charge >= 0.3 is 5.97 Å². The van der Waals surface area contributed by atoms with Crippen LogP contribution in [0.15, 0.2) is 128 Å². The van der Waals surface area contributed by atoms with Crippen LogP contribution in [-0.4, -0.2) is 71.7 Å². The van der Waals surface area contributed by atoms with Crippen LogP contribution in [-0.2, 0) is 9.53 Å². The Hall–Kier alpha value is -7.68. The molecule has 3 amide bonds. The molecule has 0 radical (unpaired) electrons. The Morgan fingerprint density at radius 1 is 0.658 bits per heavy atom. The van der Waals surface area contributed by atoms with Gasteiger partial charge in [0.1, 0.15) is 17.0 Å². The maximum Gasteiger partial charge on any atom is 0.361 e. The minimum atomic E-state index is -1.34. The van der Waals surface area contributed by atoms with Crippen LogP contribution in [0.2, 0.25) is 15.1 Å². The second kappa shape index (κ2) is 27.3. The highest BCUT2D eigenvalue weighted by atomic mass is 35.5. The van der Waals surface area contributed by atoms with Crippen molar-refractivity contribution in [2.45, 2.75) is 106 Å². The van der Waals surface area contributed by atoms with Crippen molar-refractivity contribution in [3.63, 3.8) is 0 Å². The zero-order chi connectivity index (χ0) is 56.6. The second-order valence-electron chi connectivity index (χ2n) is 19.5. The number of hydrogen-bond acceptors (Lipinski definition) is 10. The molecule has 9 rings (SSSR count). The van der Waals surface area contributed by atoms with E-state index in [9.17, 15) is 38.2 Å². The fraction of sp³-hybridized carbons (Fsp3) is 0.295. The van der Waals surface area contributed by atoms with Crippen LogP contribution in [0.3, 0.4) is 0 Å². The first kappa shape index (κ1) is 59.0. The van der Waals surface area contributed by atoms with E-state index in [1.807, 2.05) is 24.3 Å². The van der Waals surface area contributed by atoms with Gasteiger partial charge < -0.3 is 31.7 Å². The number of aromatic nitrogens is 3. The van der Waals surface area contributed by atoms with Gasteiger partial charge in [-0.25, -0.2) is 18.6 Å². The number of aliphatic hydroxyl groups is 2. The number of hydrogen-bond donors (Lipinski definition) is 5. The fourth-order valence-corrected chi connectivity index (χ4v) is 10.2. The molecule has 13 nitrogen and oxygen atoms in total. The number of halogens is 5. The lowest BCUT2D eigenvalue weighted by molar-refractivity contribution is -0.125. The van der Waals surface area contributed by atoms with E-state index in [-0.39, 0.29) is 36.1 Å². The number of rotatable bonds is 7. The lowest BCUT2D eigenvalue weighted by atomic mass is 9.74. The number of carbonyl (C=O) groups excluding carboxylic acids is 4. The molecule has 79 heavy (non-hydrogen) atoms. The summed E-state index contributed by atoms with van der Waals surface area (Å²) in [6.45, 7) is 0. The van der Waals surface area contributed by atoms with Crippen molar-refractivity contribution in [1.82, 2.24) is 20.3 Å². The van der Waals surface area contributed by atoms with Crippen LogP contribution in [0, 0.1) is 53.1 Å². The minimum absolute atomic E-state index is 0.00334. The Balaban J connectivity index is 0.000000180. The molecule has 0 saturated heterocycles. The summed E-state index contributed by atoms with van der Waals surface area (Å²) in [4.78, 5) is 59.9. The summed E-state index contributed by atoms with van der Waals surface area (Å²) >= 11 is 17.9. The Bertz CT molecular complexity index is 3390. The lowest BCUT2D eigenvalue weighted by Gasteiger charge is -2.36. The number of carbonyl (C=O) groups is 4. The SMILES string of the molecule is NC(=O)[C@@H]1CCC[C@](O)(C#Cc2cccc(Cl)c2)C1.NC(=O)c1ccncc1[C@H]1CCC[C@@](O)(C#Cc2cccc(Cl)c2)C1.O=C(N[C@@H]1CCC[C@@](C#Cc2cccc(Cl)c2)(OC(=O)c2ncc(F)cc2F)C1)c1ccncc1. The van der Waals surface area contributed by atoms with Crippen molar-refractivity contribution in [3.05, 3.63) is 194 Å². The average Bonchev–Trinajstić information content (AvgIpc) is 3.46. The number of nitrogens with two attached hydrogens (primary N) is 2. The summed E-state index contributed by atoms with van der Waals surface area (Å²) in [7, 11) is 0. The average molecular weight is 1130 g/mol. The minimum Gasteiger partial charge on any atom is -0.441 e. The molecule has 3 aromatic carbocycles. The summed E-state index contributed by atoms with van der Waals surface area (Å²) in [5.74, 6) is 13.3. The molecule has 0 unspecified atom stereocenters. The van der Waals surface area contributed by atoms with Crippen molar-refractivity contribution in [2.75, 3.05) is 0 Å². The van der Waals surface area contributed by atoms with Gasteiger partial charge in [-0.3, -0.25) is 24.4 Å². The highest BCUT2D eigenvalue weighted by Gasteiger charge is 2.41. The monoisotopic (exact) mass is 1130 g/mol. The predicted octanol–water partition coefficient (Wildman–Crippen LogP) is 10.1. The van der Waals surface area contributed by atoms with Crippen molar-refractivity contribution >= 4 is 58.5 Å². The molecule has 7 N–H and O–H groups in total. The quantitative estimate of drug-likeness (QED) is 0.0752. The van der Waals surface area contributed by atoms with Crippen molar-refractivity contribution in [3.8, 4) is 35.5 Å². The molecule has 18 heteroatoms. The summed E-state index contributed by atoms with van der Waals surface area (Å²) in [6, 6.07) is 26.3. The molecule has 0 aliphatic heterocycles. The summed E-state index contributed by atoms with van der Waals surface area (Å²) < 4.78 is 33.2. The largest absolute Gasteiger partial charge is 0.441 e. The van der Waals surface area contributed by atoms with E-state index in [1.165, 1.54) is 12.4 Å². The number of nitrogens with one attached hydrogen (secondary N) is 1. The molecule has 406 valence electrons. The van der Waals surface area contributed by atoms with Gasteiger partial charge in [-0.15, -0.1) is 0 Å². The van der Waals surface area contributed by atoms with Crippen LogP contribution in [0.4, 0.5) is 8.78 Å². The highest BCUT2D eigenvalue weighted by molar-refractivity contribution is 6.31. The highest BCUT2D eigenvalue weighted by Crippen LogP contribution is 2.40. The molecule has 3 aliphatic carbocycles. The maximum absolute atomic E-state index is 14.2. The fourth-order valence-electron chi connectivity index (χ4n) is 9.61. The van der Waals surface area contributed by atoms with Crippen molar-refractivity contribution in [1.29, 1.82) is 0 Å². The third-order valence-electron chi connectivity index (χ3n) is 13.5. The Labute approximate surface area is 471 Å². The third-order valence-corrected chi connectivity index (χ3v) is 14.2. The first-order valence-corrected chi connectivity index (χ1v) is 26.5. The molecule has 3 heterocycles. The Kier molecular flexibility index (Phi) is 20.4. The number of pyridine rings is 3. The van der Waals surface area contributed by atoms with E-state index >= 15 is 0 Å². The van der Waals surface area contributed by atoms with Gasteiger partial charge in [0.15, 0.2) is 17.1 Å². The van der Waals surface area contributed by atoms with Gasteiger partial charge in [0.25, 0.3) is 5.91 Å². The van der Waals surface area contributed by atoms with E-state index < -0.39 is 46.0 Å². The maximum atomic E-state index is 14.2. The molecular formula is C61H55Cl3F2N6O7. The van der Waals surface area contributed by atoms with E-state index in [2.05, 4.69) is 55.8 Å². The van der Waals surface area contributed by atoms with Gasteiger partial charge in [-0.05, 0) is 161 Å². The first-order chi connectivity index (χ1) is 37.8. The number of amides is 3. The van der Waals surface area contributed by atoms with Crippen molar-refractivity contribution in [2.24, 2.45) is 17.4 Å². The third kappa shape index (κ3) is 17.4.